The second-order valence-corrected chi connectivity index (χ2v) is 6.06. The molecule has 0 bridgehead atoms. The molecule has 0 aliphatic rings. The predicted molar refractivity (Wildman–Crippen MR) is 102 cm³/mol. The number of nitrogens with zero attached hydrogens (tertiary/aromatic N) is 3. The van der Waals surface area contributed by atoms with E-state index < -0.39 is 0 Å². The third-order valence-electron chi connectivity index (χ3n) is 4.30. The maximum atomic E-state index is 5.53. The largest absolute Gasteiger partial charge is 0.496 e. The number of rotatable bonds is 6. The molecule has 0 aliphatic carbocycles. The lowest BCUT2D eigenvalue weighted by atomic mass is 10.0. The summed E-state index contributed by atoms with van der Waals surface area (Å²) in [4.78, 5) is 13.4. The number of hydrogen-bond acceptors (Lipinski definition) is 5. The minimum Gasteiger partial charge on any atom is -0.496 e. The van der Waals surface area contributed by atoms with Crippen LogP contribution in [0.4, 0.5) is 0 Å². The van der Waals surface area contributed by atoms with E-state index in [2.05, 4.69) is 21.9 Å². The molecule has 1 aromatic carbocycles. The lowest BCUT2D eigenvalue weighted by molar-refractivity contribution is 0.385. The van der Waals surface area contributed by atoms with Gasteiger partial charge in [-0.25, -0.2) is 9.97 Å². The summed E-state index contributed by atoms with van der Waals surface area (Å²) in [5.41, 5.74) is 4.95. The average Bonchev–Trinajstić information content (AvgIpc) is 2.68. The highest BCUT2D eigenvalue weighted by Crippen LogP contribution is 2.31. The number of aryl methyl sites for hydroxylation is 1. The Morgan fingerprint density at radius 1 is 0.962 bits per heavy atom. The zero-order valence-electron chi connectivity index (χ0n) is 15.6. The Morgan fingerprint density at radius 2 is 1.69 bits per heavy atom. The molecule has 0 saturated carbocycles. The van der Waals surface area contributed by atoms with Crippen LogP contribution in [-0.4, -0.2) is 29.2 Å². The third kappa shape index (κ3) is 3.82. The topological polar surface area (TPSA) is 57.1 Å². The van der Waals surface area contributed by atoms with E-state index in [-0.39, 0.29) is 0 Å². The second-order valence-electron chi connectivity index (χ2n) is 6.06. The van der Waals surface area contributed by atoms with E-state index in [9.17, 15) is 0 Å². The Morgan fingerprint density at radius 3 is 2.27 bits per heavy atom. The van der Waals surface area contributed by atoms with Gasteiger partial charge >= 0.3 is 0 Å². The van der Waals surface area contributed by atoms with Gasteiger partial charge in [-0.2, -0.15) is 0 Å². The van der Waals surface area contributed by atoms with Crippen molar-refractivity contribution in [2.45, 2.75) is 26.7 Å². The van der Waals surface area contributed by atoms with Gasteiger partial charge in [0.1, 0.15) is 17.3 Å². The van der Waals surface area contributed by atoms with Gasteiger partial charge in [0.2, 0.25) is 0 Å². The third-order valence-corrected chi connectivity index (χ3v) is 4.30. The summed E-state index contributed by atoms with van der Waals surface area (Å²) in [6.07, 6.45) is 5.07. The molecule has 0 N–H and O–H groups in total. The van der Waals surface area contributed by atoms with Gasteiger partial charge in [0.05, 0.1) is 19.9 Å². The summed E-state index contributed by atoms with van der Waals surface area (Å²) < 4.78 is 11.1. The molecule has 0 atom stereocenters. The molecule has 5 nitrogen and oxygen atoms in total. The number of ether oxygens (including phenoxy) is 2. The van der Waals surface area contributed by atoms with Crippen LogP contribution in [0, 0.1) is 6.92 Å². The van der Waals surface area contributed by atoms with E-state index in [1.165, 1.54) is 0 Å². The molecule has 0 saturated heterocycles. The Bertz CT molecular complexity index is 867. The quantitative estimate of drug-likeness (QED) is 0.673. The number of benzene rings is 1. The van der Waals surface area contributed by atoms with Crippen molar-refractivity contribution in [2.75, 3.05) is 14.2 Å². The normalized spacial score (nSPS) is 10.6. The highest BCUT2D eigenvalue weighted by molar-refractivity contribution is 5.57. The molecule has 2 heterocycles. The van der Waals surface area contributed by atoms with Crippen molar-refractivity contribution in [3.8, 4) is 22.8 Å². The summed E-state index contributed by atoms with van der Waals surface area (Å²) >= 11 is 0. The summed E-state index contributed by atoms with van der Waals surface area (Å²) in [5.74, 6) is 2.41. The van der Waals surface area contributed by atoms with Gasteiger partial charge in [-0.1, -0.05) is 6.92 Å². The Balaban J connectivity index is 1.92. The van der Waals surface area contributed by atoms with Crippen molar-refractivity contribution < 1.29 is 9.47 Å². The highest BCUT2D eigenvalue weighted by atomic mass is 16.5. The van der Waals surface area contributed by atoms with Gasteiger partial charge in [0.25, 0.3) is 0 Å². The molecule has 26 heavy (non-hydrogen) atoms. The molecular weight excluding hydrogens is 326 g/mol. The van der Waals surface area contributed by atoms with Gasteiger partial charge in [0, 0.05) is 35.6 Å². The summed E-state index contributed by atoms with van der Waals surface area (Å²) in [6, 6.07) is 9.97. The van der Waals surface area contributed by atoms with Crippen LogP contribution >= 0.6 is 0 Å². The van der Waals surface area contributed by atoms with Crippen LogP contribution in [0.15, 0.2) is 42.7 Å². The molecule has 0 unspecified atom stereocenters. The first-order valence-electron chi connectivity index (χ1n) is 8.63. The van der Waals surface area contributed by atoms with E-state index in [0.29, 0.717) is 6.42 Å². The molecular formula is C21H23N3O2. The number of hydrogen-bond donors (Lipinski definition) is 0. The molecule has 5 heteroatoms. The maximum Gasteiger partial charge on any atom is 0.133 e. The van der Waals surface area contributed by atoms with Crippen molar-refractivity contribution in [1.82, 2.24) is 15.0 Å². The summed E-state index contributed by atoms with van der Waals surface area (Å²) in [5, 5.41) is 0. The average molecular weight is 349 g/mol. The van der Waals surface area contributed by atoms with Crippen molar-refractivity contribution in [1.29, 1.82) is 0 Å². The van der Waals surface area contributed by atoms with E-state index in [1.54, 1.807) is 20.4 Å². The second kappa shape index (κ2) is 7.95. The molecule has 0 spiro atoms. The Kier molecular flexibility index (Phi) is 5.46. The van der Waals surface area contributed by atoms with Crippen LogP contribution in [0.5, 0.6) is 11.5 Å². The number of pyridine rings is 1. The molecule has 2 aromatic heterocycles. The molecule has 0 amide bonds. The lowest BCUT2D eigenvalue weighted by Gasteiger charge is -2.14. The number of aromatic nitrogens is 3. The van der Waals surface area contributed by atoms with Crippen LogP contribution in [0.3, 0.4) is 0 Å². The highest BCUT2D eigenvalue weighted by Gasteiger charge is 2.12. The van der Waals surface area contributed by atoms with Gasteiger partial charge < -0.3 is 9.47 Å². The van der Waals surface area contributed by atoms with Crippen LogP contribution in [0.25, 0.3) is 11.3 Å². The van der Waals surface area contributed by atoms with Crippen molar-refractivity contribution in [3.63, 3.8) is 0 Å². The monoisotopic (exact) mass is 349 g/mol. The van der Waals surface area contributed by atoms with E-state index >= 15 is 0 Å². The molecule has 3 rings (SSSR count). The maximum absolute atomic E-state index is 5.53. The van der Waals surface area contributed by atoms with E-state index in [4.69, 9.17) is 9.47 Å². The molecule has 0 aliphatic heterocycles. The van der Waals surface area contributed by atoms with Crippen LogP contribution < -0.4 is 9.47 Å². The van der Waals surface area contributed by atoms with Crippen LogP contribution in [-0.2, 0) is 12.8 Å². The zero-order valence-corrected chi connectivity index (χ0v) is 15.6. The molecule has 134 valence electrons. The fraction of sp³-hybridized carbons (Fsp3) is 0.286. The first kappa shape index (κ1) is 17.9. The van der Waals surface area contributed by atoms with Crippen molar-refractivity contribution in [2.24, 2.45) is 0 Å². The van der Waals surface area contributed by atoms with Gasteiger partial charge in [-0.3, -0.25) is 4.98 Å². The zero-order chi connectivity index (χ0) is 18.5. The smallest absolute Gasteiger partial charge is 0.133 e. The fourth-order valence-electron chi connectivity index (χ4n) is 2.94. The predicted octanol–water partition coefficient (Wildman–Crippen LogP) is 4.02. The van der Waals surface area contributed by atoms with Gasteiger partial charge in [-0.15, -0.1) is 0 Å². The molecule has 0 radical (unpaired) electrons. The standard InChI is InChI=1S/C21H23N3O2/c1-5-17-19(25-3)10-15(11-20(17)26-4)12-21-22-9-8-18(24-21)16-7-6-14(2)23-13-16/h6-11,13H,5,12H2,1-4H3. The Labute approximate surface area is 154 Å². The minimum absolute atomic E-state index is 0.601. The summed E-state index contributed by atoms with van der Waals surface area (Å²) in [6.45, 7) is 4.05. The Hall–Kier alpha value is -2.95. The van der Waals surface area contributed by atoms with Gasteiger partial charge in [-0.05, 0) is 49.2 Å². The SMILES string of the molecule is CCc1c(OC)cc(Cc2nccc(-c3ccc(C)nc3)n2)cc1OC. The minimum atomic E-state index is 0.601. The molecule has 0 fully saturated rings. The fourth-order valence-corrected chi connectivity index (χ4v) is 2.94. The van der Waals surface area contributed by atoms with Crippen LogP contribution in [0.1, 0.15) is 29.6 Å². The van der Waals surface area contributed by atoms with E-state index in [0.717, 1.165) is 51.8 Å². The summed E-state index contributed by atoms with van der Waals surface area (Å²) in [7, 11) is 3.36. The van der Waals surface area contributed by atoms with Crippen molar-refractivity contribution >= 4 is 0 Å². The van der Waals surface area contributed by atoms with Gasteiger partial charge in [0.15, 0.2) is 0 Å². The van der Waals surface area contributed by atoms with Crippen molar-refractivity contribution in [3.05, 3.63) is 65.4 Å². The lowest BCUT2D eigenvalue weighted by Crippen LogP contribution is -2.01. The first-order chi connectivity index (χ1) is 12.6. The first-order valence-corrected chi connectivity index (χ1v) is 8.63. The van der Waals surface area contributed by atoms with E-state index in [1.807, 2.05) is 43.5 Å². The molecule has 3 aromatic rings. The number of methoxy groups -OCH3 is 2. The van der Waals surface area contributed by atoms with Crippen LogP contribution in [0.2, 0.25) is 0 Å².